The van der Waals surface area contributed by atoms with E-state index in [1.807, 2.05) is 37.3 Å². The highest BCUT2D eigenvalue weighted by Crippen LogP contribution is 2.35. The van der Waals surface area contributed by atoms with E-state index in [9.17, 15) is 14.7 Å². The SMILES string of the molecule is CC[C@@]1(c2ccccc2)C[C@@H](O)C(=O)NC1=O. The van der Waals surface area contributed by atoms with E-state index >= 15 is 0 Å². The molecule has 1 fully saturated rings. The van der Waals surface area contributed by atoms with Gasteiger partial charge in [-0.3, -0.25) is 14.9 Å². The van der Waals surface area contributed by atoms with Gasteiger partial charge in [0.25, 0.3) is 5.91 Å². The Labute approximate surface area is 99.6 Å². The first-order valence-electron chi connectivity index (χ1n) is 5.69. The first-order chi connectivity index (χ1) is 8.10. The van der Waals surface area contributed by atoms with Gasteiger partial charge in [0, 0.05) is 6.42 Å². The molecule has 2 atom stereocenters. The van der Waals surface area contributed by atoms with Gasteiger partial charge in [-0.05, 0) is 12.0 Å². The third-order valence-corrected chi connectivity index (χ3v) is 3.45. The summed E-state index contributed by atoms with van der Waals surface area (Å²) in [6, 6.07) is 9.28. The Kier molecular flexibility index (Phi) is 2.98. The van der Waals surface area contributed by atoms with Crippen LogP contribution in [0.2, 0.25) is 0 Å². The van der Waals surface area contributed by atoms with Crippen molar-refractivity contribution in [1.82, 2.24) is 5.32 Å². The lowest BCUT2D eigenvalue weighted by atomic mass is 9.71. The number of carbonyl (C=O) groups excluding carboxylic acids is 2. The van der Waals surface area contributed by atoms with E-state index in [0.29, 0.717) is 6.42 Å². The zero-order valence-corrected chi connectivity index (χ0v) is 9.64. The summed E-state index contributed by atoms with van der Waals surface area (Å²) in [5.74, 6) is -0.920. The van der Waals surface area contributed by atoms with Gasteiger partial charge in [0.05, 0.1) is 5.41 Å². The quantitative estimate of drug-likeness (QED) is 0.740. The predicted molar refractivity (Wildman–Crippen MR) is 62.2 cm³/mol. The van der Waals surface area contributed by atoms with Crippen molar-refractivity contribution >= 4 is 11.8 Å². The molecule has 1 saturated heterocycles. The van der Waals surface area contributed by atoms with Gasteiger partial charge in [-0.1, -0.05) is 37.3 Å². The average Bonchev–Trinajstić information content (AvgIpc) is 2.35. The number of rotatable bonds is 2. The topological polar surface area (TPSA) is 66.4 Å². The minimum Gasteiger partial charge on any atom is -0.383 e. The molecule has 0 unspecified atom stereocenters. The molecule has 2 N–H and O–H groups in total. The number of amides is 2. The Bertz CT molecular complexity index is 443. The number of benzene rings is 1. The van der Waals surface area contributed by atoms with E-state index in [2.05, 4.69) is 5.32 Å². The van der Waals surface area contributed by atoms with Crippen molar-refractivity contribution in [3.63, 3.8) is 0 Å². The second-order valence-corrected chi connectivity index (χ2v) is 4.34. The molecule has 1 aliphatic rings. The minimum atomic E-state index is -1.12. The van der Waals surface area contributed by atoms with Crippen LogP contribution in [0.1, 0.15) is 25.3 Å². The van der Waals surface area contributed by atoms with Gasteiger partial charge in [0.15, 0.2) is 0 Å². The number of hydrogen-bond acceptors (Lipinski definition) is 3. The molecule has 0 bridgehead atoms. The summed E-state index contributed by atoms with van der Waals surface area (Å²) in [5.41, 5.74) is 0.0424. The Morgan fingerprint density at radius 3 is 2.59 bits per heavy atom. The van der Waals surface area contributed by atoms with Crippen molar-refractivity contribution in [3.05, 3.63) is 35.9 Å². The second-order valence-electron chi connectivity index (χ2n) is 4.34. The second kappa shape index (κ2) is 4.30. The van der Waals surface area contributed by atoms with Crippen LogP contribution in [0.4, 0.5) is 0 Å². The van der Waals surface area contributed by atoms with Crippen LogP contribution in [0.25, 0.3) is 0 Å². The lowest BCUT2D eigenvalue weighted by Crippen LogP contribution is -2.57. The molecule has 0 aliphatic carbocycles. The molecule has 1 aliphatic heterocycles. The highest BCUT2D eigenvalue weighted by atomic mass is 16.3. The predicted octanol–water partition coefficient (Wildman–Crippen LogP) is 0.742. The summed E-state index contributed by atoms with van der Waals surface area (Å²) < 4.78 is 0. The maximum atomic E-state index is 12.1. The summed E-state index contributed by atoms with van der Waals surface area (Å²) in [5, 5.41) is 11.9. The van der Waals surface area contributed by atoms with Crippen LogP contribution in [0.5, 0.6) is 0 Å². The number of aliphatic hydroxyl groups is 1. The van der Waals surface area contributed by atoms with E-state index < -0.39 is 17.4 Å². The minimum absolute atomic E-state index is 0.151. The maximum absolute atomic E-state index is 12.1. The molecule has 0 saturated carbocycles. The molecule has 17 heavy (non-hydrogen) atoms. The fourth-order valence-electron chi connectivity index (χ4n) is 2.35. The van der Waals surface area contributed by atoms with Crippen LogP contribution in [0, 0.1) is 0 Å². The van der Waals surface area contributed by atoms with Gasteiger partial charge in [-0.15, -0.1) is 0 Å². The number of carbonyl (C=O) groups is 2. The molecule has 0 radical (unpaired) electrons. The van der Waals surface area contributed by atoms with Crippen LogP contribution in [0.3, 0.4) is 0 Å². The van der Waals surface area contributed by atoms with E-state index in [1.54, 1.807) is 0 Å². The van der Waals surface area contributed by atoms with Crippen LogP contribution in [-0.4, -0.2) is 23.0 Å². The number of aliphatic hydroxyl groups excluding tert-OH is 1. The first kappa shape index (κ1) is 11.8. The van der Waals surface area contributed by atoms with Gasteiger partial charge in [0.1, 0.15) is 6.10 Å². The molecule has 4 nitrogen and oxygen atoms in total. The summed E-state index contributed by atoms with van der Waals surface area (Å²) in [6.45, 7) is 1.88. The number of hydrogen-bond donors (Lipinski definition) is 2. The van der Waals surface area contributed by atoms with Crippen molar-refractivity contribution < 1.29 is 14.7 Å². The average molecular weight is 233 g/mol. The zero-order chi connectivity index (χ0) is 12.5. The molecule has 1 aromatic rings. The molecular weight excluding hydrogens is 218 g/mol. The van der Waals surface area contributed by atoms with Gasteiger partial charge >= 0.3 is 0 Å². The normalized spacial score (nSPS) is 28.9. The van der Waals surface area contributed by atoms with Crippen LogP contribution >= 0.6 is 0 Å². The van der Waals surface area contributed by atoms with Crippen LogP contribution in [0.15, 0.2) is 30.3 Å². The van der Waals surface area contributed by atoms with Gasteiger partial charge < -0.3 is 5.11 Å². The van der Waals surface area contributed by atoms with Crippen molar-refractivity contribution in [1.29, 1.82) is 0 Å². The number of nitrogens with one attached hydrogen (secondary N) is 1. The number of piperidine rings is 1. The van der Waals surface area contributed by atoms with Crippen molar-refractivity contribution in [3.8, 4) is 0 Å². The van der Waals surface area contributed by atoms with Crippen LogP contribution in [-0.2, 0) is 15.0 Å². The molecule has 2 rings (SSSR count). The maximum Gasteiger partial charge on any atom is 0.255 e. The molecular formula is C13H15NO3. The van der Waals surface area contributed by atoms with Gasteiger partial charge in [0.2, 0.25) is 5.91 Å². The third kappa shape index (κ3) is 1.85. The van der Waals surface area contributed by atoms with Crippen molar-refractivity contribution in [2.24, 2.45) is 0 Å². The van der Waals surface area contributed by atoms with E-state index in [4.69, 9.17) is 0 Å². The lowest BCUT2D eigenvalue weighted by molar-refractivity contribution is -0.145. The molecule has 2 amide bonds. The monoisotopic (exact) mass is 233 g/mol. The Morgan fingerprint density at radius 1 is 1.35 bits per heavy atom. The fraction of sp³-hybridized carbons (Fsp3) is 0.385. The Morgan fingerprint density at radius 2 is 2.00 bits per heavy atom. The van der Waals surface area contributed by atoms with Gasteiger partial charge in [-0.25, -0.2) is 0 Å². The Hall–Kier alpha value is -1.68. The Balaban J connectivity index is 2.44. The molecule has 1 heterocycles. The molecule has 4 heteroatoms. The van der Waals surface area contributed by atoms with Gasteiger partial charge in [-0.2, -0.15) is 0 Å². The van der Waals surface area contributed by atoms with E-state index in [1.165, 1.54) is 0 Å². The highest BCUT2D eigenvalue weighted by molar-refractivity contribution is 6.05. The fourth-order valence-corrected chi connectivity index (χ4v) is 2.35. The molecule has 0 aromatic heterocycles. The highest BCUT2D eigenvalue weighted by Gasteiger charge is 2.46. The molecule has 1 aromatic carbocycles. The summed E-state index contributed by atoms with van der Waals surface area (Å²) in [7, 11) is 0. The van der Waals surface area contributed by atoms with Crippen LogP contribution < -0.4 is 5.32 Å². The first-order valence-corrected chi connectivity index (χ1v) is 5.69. The molecule has 0 spiro atoms. The largest absolute Gasteiger partial charge is 0.383 e. The standard InChI is InChI=1S/C13H15NO3/c1-2-13(9-6-4-3-5-7-9)8-10(15)11(16)14-12(13)17/h3-7,10,15H,2,8H2,1H3,(H,14,16,17)/t10-,13+/m1/s1. The summed E-state index contributed by atoms with van der Waals surface area (Å²) in [4.78, 5) is 23.3. The third-order valence-electron chi connectivity index (χ3n) is 3.45. The van der Waals surface area contributed by atoms with E-state index in [0.717, 1.165) is 5.56 Å². The zero-order valence-electron chi connectivity index (χ0n) is 9.64. The summed E-state index contributed by atoms with van der Waals surface area (Å²) >= 11 is 0. The molecule has 90 valence electrons. The van der Waals surface area contributed by atoms with E-state index in [-0.39, 0.29) is 12.3 Å². The number of imide groups is 1. The summed E-state index contributed by atoms with van der Waals surface area (Å²) in [6.07, 6.45) is -0.418. The lowest BCUT2D eigenvalue weighted by Gasteiger charge is -2.37. The smallest absolute Gasteiger partial charge is 0.255 e. The van der Waals surface area contributed by atoms with Crippen molar-refractivity contribution in [2.75, 3.05) is 0 Å². The van der Waals surface area contributed by atoms with Crippen molar-refractivity contribution in [2.45, 2.75) is 31.3 Å².